The van der Waals surface area contributed by atoms with E-state index in [9.17, 15) is 14.4 Å². The number of hydrogen-bond donors (Lipinski definition) is 0. The number of carbonyl (C=O) groups is 3. The van der Waals surface area contributed by atoms with Crippen LogP contribution < -0.4 is 4.90 Å². The maximum Gasteiger partial charge on any atom is 0.262 e. The summed E-state index contributed by atoms with van der Waals surface area (Å²) in [6.45, 7) is 7.89. The van der Waals surface area contributed by atoms with Gasteiger partial charge in [0.2, 0.25) is 0 Å². The van der Waals surface area contributed by atoms with Gasteiger partial charge in [-0.2, -0.15) is 0 Å². The third-order valence-corrected chi connectivity index (χ3v) is 7.65. The van der Waals surface area contributed by atoms with Gasteiger partial charge in [0, 0.05) is 21.7 Å². The highest BCUT2D eigenvalue weighted by atomic mass is 35.5. The van der Waals surface area contributed by atoms with E-state index in [1.807, 2.05) is 62.4 Å². The molecule has 6 heteroatoms. The van der Waals surface area contributed by atoms with Crippen LogP contribution in [0, 0.1) is 0 Å². The largest absolute Gasteiger partial charge is 0.305 e. The first-order valence-electron chi connectivity index (χ1n) is 11.7. The molecule has 35 heavy (non-hydrogen) atoms. The van der Waals surface area contributed by atoms with Crippen LogP contribution in [0.2, 0.25) is 5.02 Å². The number of rotatable bonds is 3. The van der Waals surface area contributed by atoms with Crippen molar-refractivity contribution in [2.45, 2.75) is 51.1 Å². The van der Waals surface area contributed by atoms with Crippen LogP contribution in [0.5, 0.6) is 0 Å². The number of para-hydroxylation sites is 1. The number of hydrogen-bond acceptors (Lipinski definition) is 3. The average Bonchev–Trinajstić information content (AvgIpc) is 3.08. The molecule has 3 amide bonds. The van der Waals surface area contributed by atoms with Crippen molar-refractivity contribution in [3.63, 3.8) is 0 Å². The van der Waals surface area contributed by atoms with Gasteiger partial charge in [-0.25, -0.2) is 0 Å². The SMILES string of the molecule is C[C@H](C(=O)N1c2ccccc2[C@](C)(c2ccc(Cl)cc2)CC1(C)C)N1C(=O)c2ccccc2C1=O. The van der Waals surface area contributed by atoms with E-state index in [4.69, 9.17) is 11.6 Å². The molecule has 3 aromatic carbocycles. The zero-order valence-electron chi connectivity index (χ0n) is 20.2. The van der Waals surface area contributed by atoms with E-state index < -0.39 is 23.4 Å². The highest BCUT2D eigenvalue weighted by Gasteiger charge is 2.50. The summed E-state index contributed by atoms with van der Waals surface area (Å²) in [7, 11) is 0. The molecule has 0 aliphatic carbocycles. The molecular weight excluding hydrogens is 460 g/mol. The molecule has 0 saturated carbocycles. The van der Waals surface area contributed by atoms with Crippen LogP contribution in [0.1, 0.15) is 66.0 Å². The Kier molecular flexibility index (Phi) is 5.37. The van der Waals surface area contributed by atoms with Crippen LogP contribution >= 0.6 is 11.6 Å². The monoisotopic (exact) mass is 486 g/mol. The van der Waals surface area contributed by atoms with Crippen molar-refractivity contribution in [3.8, 4) is 0 Å². The number of anilines is 1. The van der Waals surface area contributed by atoms with E-state index in [-0.39, 0.29) is 11.3 Å². The van der Waals surface area contributed by atoms with Gasteiger partial charge >= 0.3 is 0 Å². The van der Waals surface area contributed by atoms with Crippen LogP contribution in [0.15, 0.2) is 72.8 Å². The molecule has 3 aromatic rings. The van der Waals surface area contributed by atoms with E-state index in [0.29, 0.717) is 22.6 Å². The smallest absolute Gasteiger partial charge is 0.262 e. The van der Waals surface area contributed by atoms with Gasteiger partial charge in [0.15, 0.2) is 0 Å². The van der Waals surface area contributed by atoms with Crippen LogP contribution in [0.3, 0.4) is 0 Å². The quantitative estimate of drug-likeness (QED) is 0.436. The second kappa shape index (κ2) is 8.06. The molecule has 2 heterocycles. The van der Waals surface area contributed by atoms with Gasteiger partial charge in [-0.3, -0.25) is 19.3 Å². The highest BCUT2D eigenvalue weighted by molar-refractivity contribution is 6.30. The minimum atomic E-state index is -0.949. The fourth-order valence-corrected chi connectivity index (χ4v) is 5.98. The van der Waals surface area contributed by atoms with E-state index >= 15 is 0 Å². The Balaban J connectivity index is 1.57. The second-order valence-corrected chi connectivity index (χ2v) is 10.7. The lowest BCUT2D eigenvalue weighted by molar-refractivity contribution is -0.123. The Labute approximate surface area is 210 Å². The summed E-state index contributed by atoms with van der Waals surface area (Å²) < 4.78 is 0. The Morgan fingerprint density at radius 2 is 1.40 bits per heavy atom. The van der Waals surface area contributed by atoms with Crippen LogP contribution in [0.25, 0.3) is 0 Å². The van der Waals surface area contributed by atoms with Gasteiger partial charge in [-0.1, -0.05) is 61.0 Å². The third kappa shape index (κ3) is 3.49. The van der Waals surface area contributed by atoms with Crippen molar-refractivity contribution >= 4 is 35.0 Å². The zero-order chi connectivity index (χ0) is 25.1. The number of nitrogens with zero attached hydrogens (tertiary/aromatic N) is 2. The van der Waals surface area contributed by atoms with Crippen molar-refractivity contribution < 1.29 is 14.4 Å². The number of fused-ring (bicyclic) bond motifs is 2. The molecule has 0 radical (unpaired) electrons. The van der Waals surface area contributed by atoms with Gasteiger partial charge < -0.3 is 4.90 Å². The molecular formula is C29H27ClN2O3. The van der Waals surface area contributed by atoms with E-state index in [0.717, 1.165) is 21.7 Å². The zero-order valence-corrected chi connectivity index (χ0v) is 21.0. The fraction of sp³-hybridized carbons (Fsp3) is 0.276. The van der Waals surface area contributed by atoms with E-state index in [1.165, 1.54) is 0 Å². The van der Waals surface area contributed by atoms with Crippen LogP contribution in [-0.2, 0) is 10.2 Å². The molecule has 5 rings (SSSR count). The van der Waals surface area contributed by atoms with Gasteiger partial charge in [0.1, 0.15) is 6.04 Å². The molecule has 0 saturated heterocycles. The summed E-state index contributed by atoms with van der Waals surface area (Å²) in [4.78, 5) is 43.1. The van der Waals surface area contributed by atoms with Crippen molar-refractivity contribution in [1.29, 1.82) is 0 Å². The number of imide groups is 1. The molecule has 2 atom stereocenters. The predicted octanol–water partition coefficient (Wildman–Crippen LogP) is 5.85. The predicted molar refractivity (Wildman–Crippen MR) is 137 cm³/mol. The lowest BCUT2D eigenvalue weighted by Gasteiger charge is -2.52. The van der Waals surface area contributed by atoms with Crippen LogP contribution in [0.4, 0.5) is 5.69 Å². The normalized spacial score (nSPS) is 21.5. The maximum absolute atomic E-state index is 14.1. The van der Waals surface area contributed by atoms with E-state index in [2.05, 4.69) is 6.92 Å². The van der Waals surface area contributed by atoms with Crippen molar-refractivity contribution in [3.05, 3.63) is 100 Å². The minimum Gasteiger partial charge on any atom is -0.305 e. The Morgan fingerprint density at radius 1 is 0.857 bits per heavy atom. The highest BCUT2D eigenvalue weighted by Crippen LogP contribution is 2.50. The number of carbonyl (C=O) groups excluding carboxylic acids is 3. The molecule has 0 bridgehead atoms. The van der Waals surface area contributed by atoms with Crippen LogP contribution in [-0.4, -0.2) is 34.2 Å². The Bertz CT molecular complexity index is 1330. The first-order valence-corrected chi connectivity index (χ1v) is 12.1. The molecule has 2 aliphatic heterocycles. The number of halogens is 1. The molecule has 2 aliphatic rings. The Hall–Kier alpha value is -3.44. The first kappa shape index (κ1) is 23.3. The van der Waals surface area contributed by atoms with Gasteiger partial charge in [-0.05, 0) is 68.7 Å². The van der Waals surface area contributed by atoms with Gasteiger partial charge in [0.05, 0.1) is 11.1 Å². The third-order valence-electron chi connectivity index (χ3n) is 7.40. The lowest BCUT2D eigenvalue weighted by Crippen LogP contribution is -2.60. The molecule has 0 aromatic heterocycles. The molecule has 0 unspecified atom stereocenters. The average molecular weight is 487 g/mol. The summed E-state index contributed by atoms with van der Waals surface area (Å²) in [5, 5.41) is 0.673. The van der Waals surface area contributed by atoms with Gasteiger partial charge in [-0.15, -0.1) is 0 Å². The number of amides is 3. The van der Waals surface area contributed by atoms with E-state index in [1.54, 1.807) is 36.1 Å². The molecule has 0 N–H and O–H groups in total. The lowest BCUT2D eigenvalue weighted by atomic mass is 9.65. The second-order valence-electron chi connectivity index (χ2n) is 10.2. The Morgan fingerprint density at radius 3 is 2.00 bits per heavy atom. The summed E-state index contributed by atoms with van der Waals surface area (Å²) in [6.07, 6.45) is 0.652. The molecule has 5 nitrogen and oxygen atoms in total. The number of benzene rings is 3. The molecule has 178 valence electrons. The van der Waals surface area contributed by atoms with Crippen molar-refractivity contribution in [2.24, 2.45) is 0 Å². The van der Waals surface area contributed by atoms with Gasteiger partial charge in [0.25, 0.3) is 17.7 Å². The summed E-state index contributed by atoms with van der Waals surface area (Å²) in [5.41, 5.74) is 2.64. The molecule has 0 fully saturated rings. The van der Waals surface area contributed by atoms with Crippen molar-refractivity contribution in [2.75, 3.05) is 4.90 Å². The summed E-state index contributed by atoms with van der Waals surface area (Å²) >= 11 is 6.16. The molecule has 0 spiro atoms. The summed E-state index contributed by atoms with van der Waals surface area (Å²) in [5.74, 6) is -1.14. The summed E-state index contributed by atoms with van der Waals surface area (Å²) in [6, 6.07) is 21.5. The topological polar surface area (TPSA) is 57.7 Å². The standard InChI is InChI=1S/C29H27ClN2O3/c1-18(31-26(34)21-9-5-6-10-22(21)27(31)35)25(33)32-24-12-8-7-11-23(24)29(4,17-28(32,2)3)19-13-15-20(30)16-14-19/h5-16,18H,17H2,1-4H3/t18-,29+/m1/s1. The van der Waals surface area contributed by atoms with Crippen molar-refractivity contribution in [1.82, 2.24) is 4.90 Å². The minimum absolute atomic E-state index is 0.282. The maximum atomic E-state index is 14.1. The first-order chi connectivity index (χ1) is 16.6. The fourth-order valence-electron chi connectivity index (χ4n) is 5.85.